The zero-order valence-electron chi connectivity index (χ0n) is 13.3. The van der Waals surface area contributed by atoms with Gasteiger partial charge in [0.05, 0.1) is 5.02 Å². The minimum absolute atomic E-state index is 0. The summed E-state index contributed by atoms with van der Waals surface area (Å²) in [7, 11) is 1.94. The van der Waals surface area contributed by atoms with Gasteiger partial charge in [0.15, 0.2) is 6.10 Å². The van der Waals surface area contributed by atoms with Crippen molar-refractivity contribution < 1.29 is 9.53 Å². The molecule has 0 spiro atoms. The minimum atomic E-state index is -0.516. The Labute approximate surface area is 143 Å². The summed E-state index contributed by atoms with van der Waals surface area (Å²) < 4.78 is 5.76. The van der Waals surface area contributed by atoms with Gasteiger partial charge in [0.25, 0.3) is 5.91 Å². The van der Waals surface area contributed by atoms with Gasteiger partial charge < -0.3 is 15.0 Å². The van der Waals surface area contributed by atoms with Crippen LogP contribution in [-0.2, 0) is 4.79 Å². The molecule has 0 aromatic heterocycles. The lowest BCUT2D eigenvalue weighted by Crippen LogP contribution is -2.39. The van der Waals surface area contributed by atoms with Crippen LogP contribution in [0.3, 0.4) is 0 Å². The van der Waals surface area contributed by atoms with Crippen LogP contribution >= 0.6 is 24.0 Å². The first kappa shape index (κ1) is 19.1. The molecule has 1 amide bonds. The number of nitrogens with one attached hydrogen (secondary N) is 1. The quantitative estimate of drug-likeness (QED) is 0.891. The van der Waals surface area contributed by atoms with Crippen molar-refractivity contribution in [2.45, 2.75) is 26.4 Å². The van der Waals surface area contributed by atoms with Gasteiger partial charge >= 0.3 is 0 Å². The molecule has 2 unspecified atom stereocenters. The third-order valence-electron chi connectivity index (χ3n) is 3.83. The molecule has 0 bridgehead atoms. The van der Waals surface area contributed by atoms with Crippen LogP contribution in [0.2, 0.25) is 5.02 Å². The fraction of sp³-hybridized carbons (Fsp3) is 0.562. The number of rotatable bonds is 5. The van der Waals surface area contributed by atoms with E-state index in [9.17, 15) is 4.79 Å². The SMILES string of the molecule is CNCC1CCN(C(=O)C(C)Oc2cc(C)ccc2Cl)C1.Cl. The van der Waals surface area contributed by atoms with Crippen LogP contribution < -0.4 is 10.1 Å². The molecule has 0 radical (unpaired) electrons. The number of carbonyl (C=O) groups is 1. The lowest BCUT2D eigenvalue weighted by atomic mass is 10.1. The minimum Gasteiger partial charge on any atom is -0.479 e. The standard InChI is InChI=1S/C16H23ClN2O2.ClH/c1-11-4-5-14(17)15(8-11)21-12(2)16(20)19-7-6-13(10-19)9-18-3;/h4-5,8,12-13,18H,6-7,9-10H2,1-3H3;1H. The van der Waals surface area contributed by atoms with Crippen molar-refractivity contribution in [1.82, 2.24) is 10.2 Å². The van der Waals surface area contributed by atoms with Crippen molar-refractivity contribution in [3.05, 3.63) is 28.8 Å². The molecular weight excluding hydrogens is 323 g/mol. The smallest absolute Gasteiger partial charge is 0.263 e. The first-order valence-corrected chi connectivity index (χ1v) is 7.75. The third kappa shape index (κ3) is 4.77. The molecule has 2 atom stereocenters. The lowest BCUT2D eigenvalue weighted by molar-refractivity contribution is -0.136. The molecule has 124 valence electrons. The lowest BCUT2D eigenvalue weighted by Gasteiger charge is -2.22. The van der Waals surface area contributed by atoms with Gasteiger partial charge in [-0.25, -0.2) is 0 Å². The van der Waals surface area contributed by atoms with Gasteiger partial charge in [0, 0.05) is 13.1 Å². The van der Waals surface area contributed by atoms with Crippen molar-refractivity contribution in [2.24, 2.45) is 5.92 Å². The highest BCUT2D eigenvalue weighted by atomic mass is 35.5. The topological polar surface area (TPSA) is 41.6 Å². The second kappa shape index (κ2) is 8.61. The Morgan fingerprint density at radius 2 is 2.27 bits per heavy atom. The van der Waals surface area contributed by atoms with Gasteiger partial charge in [-0.15, -0.1) is 12.4 Å². The predicted molar refractivity (Wildman–Crippen MR) is 92.1 cm³/mol. The maximum absolute atomic E-state index is 12.4. The van der Waals surface area contributed by atoms with E-state index in [1.54, 1.807) is 13.0 Å². The Bertz CT molecular complexity index is 511. The van der Waals surface area contributed by atoms with Gasteiger partial charge in [0.1, 0.15) is 5.75 Å². The summed E-state index contributed by atoms with van der Waals surface area (Å²) in [5.41, 5.74) is 1.06. The van der Waals surface area contributed by atoms with E-state index in [4.69, 9.17) is 16.3 Å². The molecule has 1 N–H and O–H groups in total. The number of benzene rings is 1. The van der Waals surface area contributed by atoms with Crippen molar-refractivity contribution in [3.8, 4) is 5.75 Å². The molecular formula is C16H24Cl2N2O2. The van der Waals surface area contributed by atoms with E-state index in [0.717, 1.165) is 31.6 Å². The second-order valence-corrected chi connectivity index (χ2v) is 6.10. The number of likely N-dealkylation sites (tertiary alicyclic amines) is 1. The van der Waals surface area contributed by atoms with Crippen molar-refractivity contribution in [3.63, 3.8) is 0 Å². The molecule has 1 aromatic rings. The van der Waals surface area contributed by atoms with Crippen LogP contribution in [0.1, 0.15) is 18.9 Å². The van der Waals surface area contributed by atoms with Crippen LogP contribution in [0.5, 0.6) is 5.75 Å². The van der Waals surface area contributed by atoms with Gasteiger partial charge in [-0.2, -0.15) is 0 Å². The van der Waals surface area contributed by atoms with E-state index in [-0.39, 0.29) is 18.3 Å². The molecule has 1 fully saturated rings. The Kier molecular flexibility index (Phi) is 7.46. The van der Waals surface area contributed by atoms with Gasteiger partial charge in [-0.3, -0.25) is 4.79 Å². The second-order valence-electron chi connectivity index (χ2n) is 5.69. The molecule has 22 heavy (non-hydrogen) atoms. The molecule has 4 nitrogen and oxygen atoms in total. The molecule has 6 heteroatoms. The molecule has 1 saturated heterocycles. The van der Waals surface area contributed by atoms with Crippen molar-refractivity contribution in [2.75, 3.05) is 26.7 Å². The molecule has 0 aliphatic carbocycles. The fourth-order valence-corrected chi connectivity index (χ4v) is 2.85. The average molecular weight is 347 g/mol. The number of hydrogen-bond donors (Lipinski definition) is 1. The van der Waals surface area contributed by atoms with Crippen molar-refractivity contribution >= 4 is 29.9 Å². The van der Waals surface area contributed by atoms with Crippen LogP contribution in [0.25, 0.3) is 0 Å². The highest BCUT2D eigenvalue weighted by molar-refractivity contribution is 6.32. The number of aryl methyl sites for hydroxylation is 1. The van der Waals surface area contributed by atoms with Gasteiger partial charge in [-0.05, 0) is 57.5 Å². The van der Waals surface area contributed by atoms with E-state index in [2.05, 4.69) is 5.32 Å². The normalized spacial score (nSPS) is 18.7. The number of amides is 1. The fourth-order valence-electron chi connectivity index (χ4n) is 2.69. The van der Waals surface area contributed by atoms with E-state index in [0.29, 0.717) is 16.7 Å². The number of hydrogen-bond acceptors (Lipinski definition) is 3. The summed E-state index contributed by atoms with van der Waals surface area (Å²) in [5, 5.41) is 3.70. The van der Waals surface area contributed by atoms with Crippen LogP contribution in [0.4, 0.5) is 0 Å². The highest BCUT2D eigenvalue weighted by Gasteiger charge is 2.29. The Morgan fingerprint density at radius 3 is 2.95 bits per heavy atom. The summed E-state index contributed by atoms with van der Waals surface area (Å²) in [4.78, 5) is 14.3. The maximum Gasteiger partial charge on any atom is 0.263 e. The van der Waals surface area contributed by atoms with E-state index in [1.807, 2.05) is 31.0 Å². The van der Waals surface area contributed by atoms with Crippen LogP contribution in [0, 0.1) is 12.8 Å². The predicted octanol–water partition coefficient (Wildman–Crippen LogP) is 2.91. The van der Waals surface area contributed by atoms with Gasteiger partial charge in [-0.1, -0.05) is 17.7 Å². The van der Waals surface area contributed by atoms with Crippen molar-refractivity contribution in [1.29, 1.82) is 0 Å². The average Bonchev–Trinajstić information content (AvgIpc) is 2.91. The molecule has 1 heterocycles. The zero-order chi connectivity index (χ0) is 15.4. The number of nitrogens with zero attached hydrogens (tertiary/aromatic N) is 1. The maximum atomic E-state index is 12.4. The Morgan fingerprint density at radius 1 is 1.55 bits per heavy atom. The number of halogens is 2. The first-order chi connectivity index (χ1) is 10.0. The molecule has 0 saturated carbocycles. The summed E-state index contributed by atoms with van der Waals surface area (Å²) in [6.07, 6.45) is 0.530. The largest absolute Gasteiger partial charge is 0.479 e. The number of carbonyl (C=O) groups excluding carboxylic acids is 1. The van der Waals surface area contributed by atoms with Crippen LogP contribution in [-0.4, -0.2) is 43.6 Å². The summed E-state index contributed by atoms with van der Waals surface area (Å²) >= 11 is 6.11. The van der Waals surface area contributed by atoms with Gasteiger partial charge in [0.2, 0.25) is 0 Å². The molecule has 2 rings (SSSR count). The van der Waals surface area contributed by atoms with E-state index >= 15 is 0 Å². The monoisotopic (exact) mass is 346 g/mol. The summed E-state index contributed by atoms with van der Waals surface area (Å²) in [5.74, 6) is 1.14. The molecule has 1 aliphatic rings. The van der Waals surface area contributed by atoms with E-state index < -0.39 is 6.10 Å². The summed E-state index contributed by atoms with van der Waals surface area (Å²) in [6.45, 7) is 6.31. The number of ether oxygens (including phenoxy) is 1. The molecule has 1 aromatic carbocycles. The Hall–Kier alpha value is -0.970. The summed E-state index contributed by atoms with van der Waals surface area (Å²) in [6, 6.07) is 5.58. The molecule has 1 aliphatic heterocycles. The van der Waals surface area contributed by atoms with Crippen LogP contribution in [0.15, 0.2) is 18.2 Å². The first-order valence-electron chi connectivity index (χ1n) is 7.37. The highest BCUT2D eigenvalue weighted by Crippen LogP contribution is 2.27. The zero-order valence-corrected chi connectivity index (χ0v) is 14.8. The Balaban J connectivity index is 0.00000242. The third-order valence-corrected chi connectivity index (χ3v) is 4.14. The van der Waals surface area contributed by atoms with E-state index in [1.165, 1.54) is 0 Å².